The van der Waals surface area contributed by atoms with Crippen molar-refractivity contribution in [3.8, 4) is 5.75 Å². The van der Waals surface area contributed by atoms with Crippen molar-refractivity contribution in [1.82, 2.24) is 14.8 Å². The highest BCUT2D eigenvalue weighted by atomic mass is 32.1. The summed E-state index contributed by atoms with van der Waals surface area (Å²) in [7, 11) is 0. The minimum Gasteiger partial charge on any atom is -0.492 e. The normalized spacial score (nSPS) is 13.6. The fraction of sp³-hybridized carbons (Fsp3) is 0.240. The van der Waals surface area contributed by atoms with Crippen molar-refractivity contribution in [2.24, 2.45) is 0 Å². The summed E-state index contributed by atoms with van der Waals surface area (Å²) >= 11 is 1.42. The van der Waals surface area contributed by atoms with Crippen molar-refractivity contribution in [1.29, 1.82) is 0 Å². The summed E-state index contributed by atoms with van der Waals surface area (Å²) in [6, 6.07) is 14.1. The minimum atomic E-state index is -0.236. The van der Waals surface area contributed by atoms with Gasteiger partial charge in [-0.2, -0.15) is 5.10 Å². The Kier molecular flexibility index (Phi) is 6.28. The summed E-state index contributed by atoms with van der Waals surface area (Å²) < 4.78 is 8.40. The molecule has 0 radical (unpaired) electrons. The van der Waals surface area contributed by atoms with Crippen molar-refractivity contribution < 1.29 is 19.1 Å². The first-order chi connectivity index (χ1) is 17.0. The highest BCUT2D eigenvalue weighted by Crippen LogP contribution is 2.35. The number of aromatic nitrogens is 3. The molecule has 5 rings (SSSR count). The van der Waals surface area contributed by atoms with Gasteiger partial charge < -0.3 is 4.74 Å². The summed E-state index contributed by atoms with van der Waals surface area (Å²) in [6.45, 7) is 3.28. The van der Waals surface area contributed by atoms with Crippen LogP contribution in [0.15, 0.2) is 60.9 Å². The van der Waals surface area contributed by atoms with Crippen LogP contribution in [0.25, 0.3) is 10.2 Å². The van der Waals surface area contributed by atoms with Crippen LogP contribution < -0.4 is 14.5 Å². The molecular formula is C25H23N5O4S. The number of fused-ring (bicyclic) bond motifs is 1. The molecule has 178 valence electrons. The van der Waals surface area contributed by atoms with Crippen LogP contribution in [0.2, 0.25) is 0 Å². The third kappa shape index (κ3) is 4.52. The van der Waals surface area contributed by atoms with Gasteiger partial charge in [0.1, 0.15) is 11.3 Å². The van der Waals surface area contributed by atoms with Gasteiger partial charge in [-0.25, -0.2) is 4.98 Å². The second-order valence-corrected chi connectivity index (χ2v) is 8.94. The zero-order chi connectivity index (χ0) is 24.4. The van der Waals surface area contributed by atoms with Crippen LogP contribution in [0.4, 0.5) is 10.8 Å². The Morgan fingerprint density at radius 2 is 1.86 bits per heavy atom. The molecule has 1 saturated heterocycles. The van der Waals surface area contributed by atoms with Crippen molar-refractivity contribution in [2.45, 2.75) is 26.3 Å². The average molecular weight is 490 g/mol. The third-order valence-corrected chi connectivity index (χ3v) is 6.73. The number of carbonyl (C=O) groups excluding carboxylic acids is 3. The Morgan fingerprint density at radius 3 is 2.54 bits per heavy atom. The molecule has 35 heavy (non-hydrogen) atoms. The van der Waals surface area contributed by atoms with Crippen LogP contribution in [-0.4, -0.2) is 45.6 Å². The van der Waals surface area contributed by atoms with Crippen LogP contribution >= 0.6 is 11.3 Å². The summed E-state index contributed by atoms with van der Waals surface area (Å²) in [6.07, 6.45) is 3.95. The highest BCUT2D eigenvalue weighted by Gasteiger charge is 2.30. The maximum Gasteiger partial charge on any atom is 0.260 e. The molecule has 0 saturated carbocycles. The number of carbonyl (C=O) groups is 3. The Hall–Kier alpha value is -4.05. The van der Waals surface area contributed by atoms with E-state index in [0.29, 0.717) is 47.3 Å². The first kappa shape index (κ1) is 22.7. The predicted octanol–water partition coefficient (Wildman–Crippen LogP) is 3.89. The maximum atomic E-state index is 13.6. The quantitative estimate of drug-likeness (QED) is 0.348. The van der Waals surface area contributed by atoms with E-state index in [2.05, 4.69) is 5.10 Å². The number of nitrogens with zero attached hydrogens (tertiary/aromatic N) is 5. The molecular weight excluding hydrogens is 466 g/mol. The number of hydrogen-bond acceptors (Lipinski definition) is 7. The molecule has 0 atom stereocenters. The predicted molar refractivity (Wildman–Crippen MR) is 133 cm³/mol. The van der Waals surface area contributed by atoms with E-state index in [0.717, 1.165) is 4.70 Å². The number of ether oxygens (including phenoxy) is 1. The molecule has 2 aromatic carbocycles. The number of para-hydroxylation sites is 1. The molecule has 0 unspecified atom stereocenters. The molecule has 1 aliphatic heterocycles. The largest absolute Gasteiger partial charge is 0.492 e. The lowest BCUT2D eigenvalue weighted by atomic mass is 10.1. The molecule has 0 spiro atoms. The summed E-state index contributed by atoms with van der Waals surface area (Å²) in [4.78, 5) is 45.3. The van der Waals surface area contributed by atoms with Gasteiger partial charge in [0.15, 0.2) is 5.13 Å². The summed E-state index contributed by atoms with van der Waals surface area (Å²) in [5.41, 5.74) is 1.61. The lowest BCUT2D eigenvalue weighted by Crippen LogP contribution is -2.34. The standard InChI is InChI=1S/C25H23N5O4S/c1-2-34-19-5-3-6-20-23(19)27-25(35-20)29(16-15-28-14-4-13-26-28)24(33)17-7-9-18(10-8-17)30-21(31)11-12-22(30)32/h3-10,13-14H,2,11-12,15-16H2,1H3. The minimum absolute atomic E-state index is 0.210. The molecule has 0 N–H and O–H groups in total. The van der Waals surface area contributed by atoms with Crippen molar-refractivity contribution in [3.05, 3.63) is 66.5 Å². The SMILES string of the molecule is CCOc1cccc2sc(N(CCn3cccn3)C(=O)c3ccc(N4C(=O)CCC4=O)cc3)nc12. The Morgan fingerprint density at radius 1 is 1.09 bits per heavy atom. The topological polar surface area (TPSA) is 97.6 Å². The Balaban J connectivity index is 1.46. The number of rotatable bonds is 8. The molecule has 0 aliphatic carbocycles. The smallest absolute Gasteiger partial charge is 0.260 e. The highest BCUT2D eigenvalue weighted by molar-refractivity contribution is 7.22. The lowest BCUT2D eigenvalue weighted by Gasteiger charge is -2.20. The molecule has 10 heteroatoms. The molecule has 3 heterocycles. The van der Waals surface area contributed by atoms with Gasteiger partial charge in [0.05, 0.1) is 23.5 Å². The van der Waals surface area contributed by atoms with E-state index in [1.54, 1.807) is 40.0 Å². The van der Waals surface area contributed by atoms with Gasteiger partial charge in [-0.15, -0.1) is 0 Å². The molecule has 1 fully saturated rings. The van der Waals surface area contributed by atoms with Gasteiger partial charge >= 0.3 is 0 Å². The first-order valence-corrected chi connectivity index (χ1v) is 12.1. The van der Waals surface area contributed by atoms with Gasteiger partial charge in [-0.3, -0.25) is 28.9 Å². The number of benzene rings is 2. The second kappa shape index (κ2) is 9.67. The van der Waals surface area contributed by atoms with Crippen molar-refractivity contribution in [2.75, 3.05) is 23.0 Å². The third-order valence-electron chi connectivity index (χ3n) is 5.68. The lowest BCUT2D eigenvalue weighted by molar-refractivity contribution is -0.121. The van der Waals surface area contributed by atoms with Crippen molar-refractivity contribution in [3.63, 3.8) is 0 Å². The van der Waals surface area contributed by atoms with E-state index in [1.165, 1.54) is 16.2 Å². The van der Waals surface area contributed by atoms with E-state index < -0.39 is 0 Å². The van der Waals surface area contributed by atoms with Crippen LogP contribution in [0.3, 0.4) is 0 Å². The van der Waals surface area contributed by atoms with Crippen LogP contribution in [-0.2, 0) is 16.1 Å². The fourth-order valence-corrected chi connectivity index (χ4v) is 5.00. The molecule has 0 bridgehead atoms. The second-order valence-electron chi connectivity index (χ2n) is 7.93. The maximum absolute atomic E-state index is 13.6. The number of anilines is 2. The zero-order valence-corrected chi connectivity index (χ0v) is 19.9. The zero-order valence-electron chi connectivity index (χ0n) is 19.1. The average Bonchev–Trinajstić information content (AvgIpc) is 3.60. The van der Waals surface area contributed by atoms with Gasteiger partial charge in [0, 0.05) is 37.3 Å². The van der Waals surface area contributed by atoms with Crippen LogP contribution in [0.5, 0.6) is 5.75 Å². The molecule has 9 nitrogen and oxygen atoms in total. The number of thiazole rings is 1. The van der Waals surface area contributed by atoms with Gasteiger partial charge in [0.25, 0.3) is 5.91 Å². The van der Waals surface area contributed by atoms with Crippen molar-refractivity contribution >= 4 is 50.1 Å². The van der Waals surface area contributed by atoms with E-state index >= 15 is 0 Å². The Labute approximate surface area is 205 Å². The van der Waals surface area contributed by atoms with E-state index in [9.17, 15) is 14.4 Å². The van der Waals surface area contributed by atoms with Gasteiger partial charge in [0.2, 0.25) is 11.8 Å². The van der Waals surface area contributed by atoms with E-state index in [1.807, 2.05) is 37.4 Å². The van der Waals surface area contributed by atoms with Gasteiger partial charge in [-0.1, -0.05) is 17.4 Å². The van der Waals surface area contributed by atoms with Crippen LogP contribution in [0, 0.1) is 0 Å². The first-order valence-electron chi connectivity index (χ1n) is 11.3. The molecule has 4 aromatic rings. The van der Waals surface area contributed by atoms with E-state index in [4.69, 9.17) is 9.72 Å². The van der Waals surface area contributed by atoms with E-state index in [-0.39, 0.29) is 30.6 Å². The number of hydrogen-bond donors (Lipinski definition) is 0. The number of imide groups is 1. The van der Waals surface area contributed by atoms with Gasteiger partial charge in [-0.05, 0) is 49.4 Å². The Bertz CT molecular complexity index is 1360. The molecule has 2 aromatic heterocycles. The summed E-state index contributed by atoms with van der Waals surface area (Å²) in [5.74, 6) is -0.0138. The molecule has 3 amide bonds. The summed E-state index contributed by atoms with van der Waals surface area (Å²) in [5, 5.41) is 4.79. The number of amides is 3. The van der Waals surface area contributed by atoms with Crippen LogP contribution in [0.1, 0.15) is 30.1 Å². The monoisotopic (exact) mass is 489 g/mol. The molecule has 1 aliphatic rings. The fourth-order valence-electron chi connectivity index (χ4n) is 3.99.